The monoisotopic (exact) mass is 521 g/mol. The van der Waals surface area contributed by atoms with Crippen LogP contribution in [0.25, 0.3) is 20.1 Å². The molecule has 35 heavy (non-hydrogen) atoms. The van der Waals surface area contributed by atoms with E-state index in [0.29, 0.717) is 22.8 Å². The van der Waals surface area contributed by atoms with Crippen molar-refractivity contribution in [1.29, 1.82) is 0 Å². The molecular formula is C23H22F3N5O2S2. The van der Waals surface area contributed by atoms with Gasteiger partial charge in [0.05, 0.1) is 33.0 Å². The number of carbonyl (C=O) groups is 1. The van der Waals surface area contributed by atoms with Crippen molar-refractivity contribution in [2.45, 2.75) is 32.2 Å². The molecule has 0 unspecified atom stereocenters. The summed E-state index contributed by atoms with van der Waals surface area (Å²) in [4.78, 5) is 28.2. The molecule has 1 atom stereocenters. The van der Waals surface area contributed by atoms with Crippen molar-refractivity contribution in [1.82, 2.24) is 15.0 Å². The highest BCUT2D eigenvalue weighted by Crippen LogP contribution is 2.39. The molecule has 1 aromatic carbocycles. The Bertz CT molecular complexity index is 1290. The maximum atomic E-state index is 12.8. The molecule has 0 saturated carbocycles. The molecule has 1 amide bonds. The number of benzene rings is 1. The molecule has 0 aliphatic rings. The van der Waals surface area contributed by atoms with Crippen LogP contribution in [-0.2, 0) is 28.7 Å². The number of nitrogens with zero attached hydrogens (tertiary/aromatic N) is 4. The van der Waals surface area contributed by atoms with Gasteiger partial charge in [0.2, 0.25) is 5.91 Å². The first-order chi connectivity index (χ1) is 16.7. The molecule has 0 aliphatic carbocycles. The number of ether oxygens (including phenoxy) is 1. The second-order valence-corrected chi connectivity index (χ2v) is 9.86. The lowest BCUT2D eigenvalue weighted by Gasteiger charge is -2.22. The summed E-state index contributed by atoms with van der Waals surface area (Å²) >= 11 is 2.79. The van der Waals surface area contributed by atoms with Crippen LogP contribution in [0.5, 0.6) is 0 Å². The average Bonchev–Trinajstić information content (AvgIpc) is 3.41. The van der Waals surface area contributed by atoms with E-state index in [1.165, 1.54) is 46.6 Å². The van der Waals surface area contributed by atoms with E-state index in [2.05, 4.69) is 15.0 Å². The Balaban J connectivity index is 1.56. The number of hydrogen-bond acceptors (Lipinski definition) is 8. The highest BCUT2D eigenvalue weighted by molar-refractivity contribution is 7.26. The average molecular weight is 522 g/mol. The number of fused-ring (bicyclic) bond motifs is 1. The van der Waals surface area contributed by atoms with Gasteiger partial charge in [-0.3, -0.25) is 14.7 Å². The van der Waals surface area contributed by atoms with Crippen LogP contribution < -0.4 is 10.6 Å². The van der Waals surface area contributed by atoms with E-state index in [1.54, 1.807) is 19.5 Å². The second kappa shape index (κ2) is 10.4. The van der Waals surface area contributed by atoms with Crippen molar-refractivity contribution in [3.63, 3.8) is 0 Å². The number of carbonyl (C=O) groups excluding carboxylic acids is 1. The molecule has 4 aromatic rings. The van der Waals surface area contributed by atoms with E-state index in [9.17, 15) is 18.0 Å². The van der Waals surface area contributed by atoms with Gasteiger partial charge in [-0.25, -0.2) is 9.97 Å². The number of nitrogens with two attached hydrogens (primary N) is 1. The maximum Gasteiger partial charge on any atom is 0.416 e. The van der Waals surface area contributed by atoms with Crippen LogP contribution in [0.15, 0.2) is 42.7 Å². The van der Waals surface area contributed by atoms with Crippen LogP contribution in [0.1, 0.15) is 23.7 Å². The number of methoxy groups -OCH3 is 1. The number of hydrogen-bond donors (Lipinski definition) is 1. The number of aromatic nitrogens is 3. The third-order valence-electron chi connectivity index (χ3n) is 5.16. The Hall–Kier alpha value is -2.93. The minimum Gasteiger partial charge on any atom is -0.378 e. The first-order valence-electron chi connectivity index (χ1n) is 10.5. The Morgan fingerprint density at radius 1 is 1.17 bits per heavy atom. The summed E-state index contributed by atoms with van der Waals surface area (Å²) in [5.74, 6) is -0.245. The Morgan fingerprint density at radius 2 is 1.91 bits per heavy atom. The fraction of sp³-hybridized carbons (Fsp3) is 0.304. The number of halogens is 3. The molecule has 3 heterocycles. The first-order valence-corrected chi connectivity index (χ1v) is 12.2. The smallest absolute Gasteiger partial charge is 0.378 e. The van der Waals surface area contributed by atoms with E-state index in [4.69, 9.17) is 10.5 Å². The minimum atomic E-state index is -4.39. The molecule has 0 bridgehead atoms. The standard InChI is InChI=1S/C23H22F3N5O2S2/c1-13(32)31(11-16(27)9-14-3-5-15(6-4-14)23(24,25)26)22-30-18(12-33-2)20(35-22)21-29-17-7-8-28-10-19(17)34-21/h3-8,10,16H,9,11-12,27H2,1-2H3/t16-/m1/s1. The van der Waals surface area contributed by atoms with Crippen molar-refractivity contribution in [3.8, 4) is 9.88 Å². The molecule has 0 radical (unpaired) electrons. The SMILES string of the molecule is COCc1nc(N(C[C@H](N)Cc2ccc(C(F)(F)F)cc2)C(C)=O)sc1-c1nc2ccncc2s1. The number of rotatable bonds is 8. The van der Waals surface area contributed by atoms with Crippen LogP contribution in [0.2, 0.25) is 0 Å². The van der Waals surface area contributed by atoms with Crippen LogP contribution in [-0.4, -0.2) is 40.6 Å². The number of pyridine rings is 1. The number of anilines is 1. The second-order valence-electron chi connectivity index (χ2n) is 7.86. The fourth-order valence-electron chi connectivity index (χ4n) is 3.51. The van der Waals surface area contributed by atoms with Gasteiger partial charge in [0.15, 0.2) is 5.13 Å². The summed E-state index contributed by atoms with van der Waals surface area (Å²) < 4.78 is 44.7. The van der Waals surface area contributed by atoms with Gasteiger partial charge in [0, 0.05) is 39.0 Å². The molecule has 2 N–H and O–H groups in total. The summed E-state index contributed by atoms with van der Waals surface area (Å²) in [6, 6.07) is 6.18. The summed E-state index contributed by atoms with van der Waals surface area (Å²) in [6.45, 7) is 1.81. The molecule has 0 spiro atoms. The van der Waals surface area contributed by atoms with Crippen LogP contribution in [0, 0.1) is 0 Å². The minimum absolute atomic E-state index is 0.152. The lowest BCUT2D eigenvalue weighted by molar-refractivity contribution is -0.137. The molecule has 3 aromatic heterocycles. The van der Waals surface area contributed by atoms with Gasteiger partial charge in [-0.15, -0.1) is 11.3 Å². The molecule has 0 fully saturated rings. The van der Waals surface area contributed by atoms with Gasteiger partial charge < -0.3 is 10.5 Å². The molecule has 0 saturated heterocycles. The molecular weight excluding hydrogens is 499 g/mol. The predicted molar refractivity (Wildman–Crippen MR) is 130 cm³/mol. The normalized spacial score (nSPS) is 12.7. The Morgan fingerprint density at radius 3 is 2.54 bits per heavy atom. The van der Waals surface area contributed by atoms with Gasteiger partial charge in [-0.1, -0.05) is 23.5 Å². The highest BCUT2D eigenvalue weighted by Gasteiger charge is 2.30. The van der Waals surface area contributed by atoms with Crippen LogP contribution in [0.3, 0.4) is 0 Å². The van der Waals surface area contributed by atoms with Crippen molar-refractivity contribution in [3.05, 3.63) is 59.5 Å². The van der Waals surface area contributed by atoms with E-state index in [0.717, 1.165) is 32.2 Å². The van der Waals surface area contributed by atoms with Gasteiger partial charge in [0.1, 0.15) is 5.01 Å². The fourth-order valence-corrected chi connectivity index (χ4v) is 5.66. The van der Waals surface area contributed by atoms with Gasteiger partial charge in [-0.2, -0.15) is 13.2 Å². The van der Waals surface area contributed by atoms with Gasteiger partial charge >= 0.3 is 6.18 Å². The zero-order valence-electron chi connectivity index (χ0n) is 18.9. The first kappa shape index (κ1) is 25.2. The topological polar surface area (TPSA) is 94.2 Å². The Labute approximate surface area is 207 Å². The lowest BCUT2D eigenvalue weighted by atomic mass is 10.0. The van der Waals surface area contributed by atoms with Crippen molar-refractivity contribution in [2.75, 3.05) is 18.6 Å². The van der Waals surface area contributed by atoms with Gasteiger partial charge in [0.25, 0.3) is 0 Å². The third kappa shape index (κ3) is 5.84. The van der Waals surface area contributed by atoms with Crippen molar-refractivity contribution < 1.29 is 22.7 Å². The predicted octanol–water partition coefficient (Wildman–Crippen LogP) is 4.90. The number of amides is 1. The maximum absolute atomic E-state index is 12.8. The molecule has 184 valence electrons. The number of thiazole rings is 2. The summed E-state index contributed by atoms with van der Waals surface area (Å²) in [5, 5.41) is 1.21. The zero-order valence-corrected chi connectivity index (χ0v) is 20.5. The molecule has 4 rings (SSSR count). The van der Waals surface area contributed by atoms with E-state index in [1.807, 2.05) is 6.07 Å². The van der Waals surface area contributed by atoms with E-state index < -0.39 is 17.8 Å². The van der Waals surface area contributed by atoms with Gasteiger partial charge in [-0.05, 0) is 30.2 Å². The summed E-state index contributed by atoms with van der Waals surface area (Å²) in [6.07, 6.45) is -0.670. The number of alkyl halides is 3. The quantitative estimate of drug-likeness (QED) is 0.354. The third-order valence-corrected chi connectivity index (χ3v) is 7.44. The molecule has 0 aliphatic heterocycles. The van der Waals surface area contributed by atoms with Crippen LogP contribution in [0.4, 0.5) is 18.3 Å². The summed E-state index contributed by atoms with van der Waals surface area (Å²) in [5.41, 5.74) is 7.70. The zero-order chi connectivity index (χ0) is 25.2. The lowest BCUT2D eigenvalue weighted by Crippen LogP contribution is -2.41. The highest BCUT2D eigenvalue weighted by atomic mass is 32.1. The summed E-state index contributed by atoms with van der Waals surface area (Å²) in [7, 11) is 1.56. The van der Waals surface area contributed by atoms with E-state index in [-0.39, 0.29) is 19.1 Å². The van der Waals surface area contributed by atoms with E-state index >= 15 is 0 Å². The van der Waals surface area contributed by atoms with Crippen molar-refractivity contribution in [2.24, 2.45) is 5.73 Å². The Kier molecular flexibility index (Phi) is 7.45. The molecule has 7 nitrogen and oxygen atoms in total. The molecule has 12 heteroatoms. The van der Waals surface area contributed by atoms with Crippen LogP contribution >= 0.6 is 22.7 Å². The van der Waals surface area contributed by atoms with Crippen molar-refractivity contribution >= 4 is 43.9 Å². The largest absolute Gasteiger partial charge is 0.416 e.